The lowest BCUT2D eigenvalue weighted by molar-refractivity contribution is -0.147. The molecule has 0 N–H and O–H groups in total. The first-order valence-electron chi connectivity index (χ1n) is 6.72. The second kappa shape index (κ2) is 7.88. The van der Waals surface area contributed by atoms with E-state index in [0.717, 1.165) is 0 Å². The maximum Gasteiger partial charge on any atom is 0.373 e. The van der Waals surface area contributed by atoms with Gasteiger partial charge in [-0.15, -0.1) is 0 Å². The van der Waals surface area contributed by atoms with Gasteiger partial charge in [-0.3, -0.25) is 0 Å². The minimum absolute atomic E-state index is 0.0491. The lowest BCUT2D eigenvalue weighted by atomic mass is 10.3. The molecule has 0 fully saturated rings. The topological polar surface area (TPSA) is 84.2 Å². The number of methoxy groups -OCH3 is 2. The van der Waals surface area contributed by atoms with Gasteiger partial charge < -0.3 is 23.4 Å². The summed E-state index contributed by atoms with van der Waals surface area (Å²) in [6, 6.07) is 9.78. The standard InChI is InChI=1S/C16H16O7/c1-19-11-3-5-12(6-4-11)21-10-15(17)22-9-13-7-8-14(23-13)16(18)20-2/h3-8H,9-10H2,1-2H3. The van der Waals surface area contributed by atoms with Crippen LogP contribution in [0.25, 0.3) is 0 Å². The molecular formula is C16H16O7. The fourth-order valence-corrected chi connectivity index (χ4v) is 1.67. The first-order chi connectivity index (χ1) is 11.1. The molecule has 1 aromatic heterocycles. The molecule has 122 valence electrons. The van der Waals surface area contributed by atoms with Crippen LogP contribution < -0.4 is 9.47 Å². The highest BCUT2D eigenvalue weighted by molar-refractivity contribution is 5.86. The Morgan fingerprint density at radius 2 is 1.70 bits per heavy atom. The molecule has 0 aliphatic carbocycles. The minimum Gasteiger partial charge on any atom is -0.497 e. The fourth-order valence-electron chi connectivity index (χ4n) is 1.67. The van der Waals surface area contributed by atoms with Gasteiger partial charge in [0, 0.05) is 0 Å². The van der Waals surface area contributed by atoms with Crippen molar-refractivity contribution in [1.29, 1.82) is 0 Å². The SMILES string of the molecule is COC(=O)c1ccc(COC(=O)COc2ccc(OC)cc2)o1. The largest absolute Gasteiger partial charge is 0.497 e. The van der Waals surface area contributed by atoms with E-state index in [2.05, 4.69) is 4.74 Å². The molecule has 0 aliphatic rings. The van der Waals surface area contributed by atoms with Gasteiger partial charge in [-0.2, -0.15) is 0 Å². The van der Waals surface area contributed by atoms with Crippen LogP contribution >= 0.6 is 0 Å². The van der Waals surface area contributed by atoms with Crippen molar-refractivity contribution >= 4 is 11.9 Å². The summed E-state index contributed by atoms with van der Waals surface area (Å²) in [5.74, 6) is 0.450. The molecule has 7 nitrogen and oxygen atoms in total. The van der Waals surface area contributed by atoms with Crippen LogP contribution in [0.15, 0.2) is 40.8 Å². The third kappa shape index (κ3) is 4.77. The predicted molar refractivity (Wildman–Crippen MR) is 78.3 cm³/mol. The van der Waals surface area contributed by atoms with Crippen molar-refractivity contribution in [2.45, 2.75) is 6.61 Å². The van der Waals surface area contributed by atoms with Gasteiger partial charge in [0.15, 0.2) is 6.61 Å². The third-order valence-electron chi connectivity index (χ3n) is 2.84. The summed E-state index contributed by atoms with van der Waals surface area (Å²) < 4.78 is 25.0. The third-order valence-corrected chi connectivity index (χ3v) is 2.84. The van der Waals surface area contributed by atoms with Crippen LogP contribution in [0.4, 0.5) is 0 Å². The summed E-state index contributed by atoms with van der Waals surface area (Å²) in [4.78, 5) is 22.8. The zero-order valence-electron chi connectivity index (χ0n) is 12.7. The Bertz CT molecular complexity index is 657. The van der Waals surface area contributed by atoms with Gasteiger partial charge in [0.05, 0.1) is 14.2 Å². The van der Waals surface area contributed by atoms with Crippen LogP contribution in [0.5, 0.6) is 11.5 Å². The van der Waals surface area contributed by atoms with Crippen LogP contribution in [0.3, 0.4) is 0 Å². The lowest BCUT2D eigenvalue weighted by Crippen LogP contribution is -2.14. The molecule has 23 heavy (non-hydrogen) atoms. The molecule has 2 aromatic rings. The fraction of sp³-hybridized carbons (Fsp3) is 0.250. The van der Waals surface area contributed by atoms with Crippen LogP contribution in [0.1, 0.15) is 16.3 Å². The van der Waals surface area contributed by atoms with Gasteiger partial charge in [-0.05, 0) is 36.4 Å². The Morgan fingerprint density at radius 3 is 2.35 bits per heavy atom. The second-order valence-corrected chi connectivity index (χ2v) is 4.38. The van der Waals surface area contributed by atoms with E-state index in [1.54, 1.807) is 31.4 Å². The Morgan fingerprint density at radius 1 is 1.00 bits per heavy atom. The molecule has 0 aliphatic heterocycles. The molecule has 0 unspecified atom stereocenters. The average Bonchev–Trinajstić information content (AvgIpc) is 3.07. The molecule has 0 saturated carbocycles. The quantitative estimate of drug-likeness (QED) is 0.723. The zero-order valence-corrected chi connectivity index (χ0v) is 12.7. The predicted octanol–water partition coefficient (Wildman–Crippen LogP) is 2.20. The molecular weight excluding hydrogens is 304 g/mol. The van der Waals surface area contributed by atoms with Crippen molar-refractivity contribution in [3.8, 4) is 11.5 Å². The Labute approximate surface area is 132 Å². The summed E-state index contributed by atoms with van der Waals surface area (Å²) in [5, 5.41) is 0. The van der Waals surface area contributed by atoms with Crippen molar-refractivity contribution in [3.05, 3.63) is 47.9 Å². The average molecular weight is 320 g/mol. The summed E-state index contributed by atoms with van der Waals surface area (Å²) in [6.07, 6.45) is 0. The van der Waals surface area contributed by atoms with E-state index in [9.17, 15) is 9.59 Å². The van der Waals surface area contributed by atoms with Gasteiger partial charge >= 0.3 is 11.9 Å². The number of carbonyl (C=O) groups excluding carboxylic acids is 2. The minimum atomic E-state index is -0.592. The first-order valence-corrected chi connectivity index (χ1v) is 6.72. The summed E-state index contributed by atoms with van der Waals surface area (Å²) >= 11 is 0. The Balaban J connectivity index is 1.76. The molecule has 0 saturated heterocycles. The summed E-state index contributed by atoms with van der Waals surface area (Å²) in [5.41, 5.74) is 0. The van der Waals surface area contributed by atoms with Gasteiger partial charge in [-0.1, -0.05) is 0 Å². The monoisotopic (exact) mass is 320 g/mol. The highest BCUT2D eigenvalue weighted by Crippen LogP contribution is 2.17. The highest BCUT2D eigenvalue weighted by atomic mass is 16.6. The number of ether oxygens (including phenoxy) is 4. The van der Waals surface area contributed by atoms with E-state index >= 15 is 0 Å². The number of rotatable bonds is 7. The normalized spacial score (nSPS) is 10.0. The van der Waals surface area contributed by atoms with E-state index in [1.165, 1.54) is 19.2 Å². The molecule has 7 heteroatoms. The first kappa shape index (κ1) is 16.4. The molecule has 0 spiro atoms. The number of carbonyl (C=O) groups is 2. The van der Waals surface area contributed by atoms with Gasteiger partial charge in [0.2, 0.25) is 5.76 Å². The van der Waals surface area contributed by atoms with Crippen LogP contribution in [0, 0.1) is 0 Å². The van der Waals surface area contributed by atoms with Crippen molar-refractivity contribution < 1.29 is 33.0 Å². The summed E-state index contributed by atoms with van der Waals surface area (Å²) in [7, 11) is 2.81. The van der Waals surface area contributed by atoms with Crippen LogP contribution in [-0.4, -0.2) is 32.8 Å². The molecule has 0 amide bonds. The zero-order chi connectivity index (χ0) is 16.7. The summed E-state index contributed by atoms with van der Waals surface area (Å²) in [6.45, 7) is -0.335. The van der Waals surface area contributed by atoms with E-state index < -0.39 is 11.9 Å². The van der Waals surface area contributed by atoms with Crippen molar-refractivity contribution in [3.63, 3.8) is 0 Å². The number of hydrogen-bond donors (Lipinski definition) is 0. The second-order valence-electron chi connectivity index (χ2n) is 4.38. The van der Waals surface area contributed by atoms with Crippen molar-refractivity contribution in [2.24, 2.45) is 0 Å². The maximum atomic E-state index is 11.6. The van der Waals surface area contributed by atoms with E-state index in [1.807, 2.05) is 0 Å². The van der Waals surface area contributed by atoms with Gasteiger partial charge in [-0.25, -0.2) is 9.59 Å². The Kier molecular flexibility index (Phi) is 5.62. The molecule has 0 bridgehead atoms. The lowest BCUT2D eigenvalue weighted by Gasteiger charge is -2.07. The van der Waals surface area contributed by atoms with Gasteiger partial charge in [0.1, 0.15) is 23.9 Å². The van der Waals surface area contributed by atoms with Crippen molar-refractivity contribution in [1.82, 2.24) is 0 Å². The number of esters is 2. The maximum absolute atomic E-state index is 11.6. The number of hydrogen-bond acceptors (Lipinski definition) is 7. The number of furan rings is 1. The van der Waals surface area contributed by atoms with E-state index in [0.29, 0.717) is 17.3 Å². The van der Waals surface area contributed by atoms with Crippen molar-refractivity contribution in [2.75, 3.05) is 20.8 Å². The van der Waals surface area contributed by atoms with E-state index in [4.69, 9.17) is 18.6 Å². The highest BCUT2D eigenvalue weighted by Gasteiger charge is 2.12. The smallest absolute Gasteiger partial charge is 0.373 e. The molecule has 0 atom stereocenters. The van der Waals surface area contributed by atoms with Crippen LogP contribution in [0.2, 0.25) is 0 Å². The van der Waals surface area contributed by atoms with E-state index in [-0.39, 0.29) is 19.0 Å². The Hall–Kier alpha value is -2.96. The van der Waals surface area contributed by atoms with Gasteiger partial charge in [0.25, 0.3) is 0 Å². The van der Waals surface area contributed by atoms with Crippen LogP contribution in [-0.2, 0) is 20.9 Å². The molecule has 2 rings (SSSR count). The number of benzene rings is 1. The molecule has 1 aromatic carbocycles. The molecule has 0 radical (unpaired) electrons. The molecule has 1 heterocycles.